The van der Waals surface area contributed by atoms with Crippen molar-refractivity contribution in [2.45, 2.75) is 38.6 Å². The molecular weight excluding hydrogens is 246 g/mol. The van der Waals surface area contributed by atoms with E-state index in [4.69, 9.17) is 11.6 Å². The third-order valence-corrected chi connectivity index (χ3v) is 3.64. The standard InChI is InChI=1S/C14H22ClN3/c1-2-3-9-18(11-13-5-4-8-16-13)14-7-6-12(15)10-17-14/h6-7,10,13,16H,2-5,8-9,11H2,1H3. The Morgan fingerprint density at radius 2 is 2.39 bits per heavy atom. The Morgan fingerprint density at radius 1 is 1.50 bits per heavy atom. The second kappa shape index (κ2) is 6.95. The van der Waals surface area contributed by atoms with Gasteiger partial charge in [0.2, 0.25) is 0 Å². The number of hydrogen-bond acceptors (Lipinski definition) is 3. The number of pyridine rings is 1. The molecule has 0 spiro atoms. The molecule has 1 atom stereocenters. The molecule has 1 fully saturated rings. The summed E-state index contributed by atoms with van der Waals surface area (Å²) in [6, 6.07) is 4.55. The molecule has 1 aliphatic rings. The van der Waals surface area contributed by atoms with Crippen LogP contribution >= 0.6 is 11.6 Å². The van der Waals surface area contributed by atoms with Crippen molar-refractivity contribution < 1.29 is 0 Å². The second-order valence-electron chi connectivity index (χ2n) is 4.93. The molecule has 0 amide bonds. The number of anilines is 1. The van der Waals surface area contributed by atoms with Gasteiger partial charge in [-0.25, -0.2) is 4.98 Å². The van der Waals surface area contributed by atoms with Gasteiger partial charge in [-0.05, 0) is 37.9 Å². The molecule has 2 heterocycles. The molecule has 0 saturated carbocycles. The van der Waals surface area contributed by atoms with E-state index in [1.54, 1.807) is 6.20 Å². The topological polar surface area (TPSA) is 28.2 Å². The Bertz CT molecular complexity index is 347. The molecule has 0 bridgehead atoms. The molecule has 1 aliphatic heterocycles. The normalized spacial score (nSPS) is 19.1. The smallest absolute Gasteiger partial charge is 0.128 e. The van der Waals surface area contributed by atoms with Gasteiger partial charge in [0.05, 0.1) is 5.02 Å². The average molecular weight is 268 g/mol. The van der Waals surface area contributed by atoms with Crippen LogP contribution in [0.4, 0.5) is 5.82 Å². The largest absolute Gasteiger partial charge is 0.355 e. The summed E-state index contributed by atoms with van der Waals surface area (Å²) in [5, 5.41) is 4.25. The molecule has 100 valence electrons. The SMILES string of the molecule is CCCCN(CC1CCCN1)c1ccc(Cl)cn1. The van der Waals surface area contributed by atoms with E-state index in [9.17, 15) is 0 Å². The van der Waals surface area contributed by atoms with Crippen molar-refractivity contribution in [2.75, 3.05) is 24.5 Å². The number of nitrogens with zero attached hydrogens (tertiary/aromatic N) is 2. The van der Waals surface area contributed by atoms with Crippen LogP contribution in [0.1, 0.15) is 32.6 Å². The fourth-order valence-corrected chi connectivity index (χ4v) is 2.49. The molecule has 1 aromatic heterocycles. The van der Waals surface area contributed by atoms with Gasteiger partial charge in [-0.2, -0.15) is 0 Å². The Hall–Kier alpha value is -0.800. The Morgan fingerprint density at radius 3 is 3.00 bits per heavy atom. The average Bonchev–Trinajstić information content (AvgIpc) is 2.88. The fraction of sp³-hybridized carbons (Fsp3) is 0.643. The second-order valence-corrected chi connectivity index (χ2v) is 5.36. The molecule has 1 saturated heterocycles. The van der Waals surface area contributed by atoms with Gasteiger partial charge in [-0.3, -0.25) is 0 Å². The molecule has 18 heavy (non-hydrogen) atoms. The molecular formula is C14H22ClN3. The highest BCUT2D eigenvalue weighted by molar-refractivity contribution is 6.30. The van der Waals surface area contributed by atoms with E-state index in [0.717, 1.165) is 25.5 Å². The van der Waals surface area contributed by atoms with Crippen LogP contribution in [-0.4, -0.2) is 30.7 Å². The molecule has 0 radical (unpaired) electrons. The highest BCUT2D eigenvalue weighted by atomic mass is 35.5. The van der Waals surface area contributed by atoms with Crippen molar-refractivity contribution in [3.63, 3.8) is 0 Å². The molecule has 2 rings (SSSR count). The molecule has 3 nitrogen and oxygen atoms in total. The number of aromatic nitrogens is 1. The van der Waals surface area contributed by atoms with E-state index in [-0.39, 0.29) is 0 Å². The Kier molecular flexibility index (Phi) is 5.26. The van der Waals surface area contributed by atoms with Crippen LogP contribution in [0, 0.1) is 0 Å². The minimum Gasteiger partial charge on any atom is -0.355 e. The first-order valence-corrected chi connectivity index (χ1v) is 7.27. The van der Waals surface area contributed by atoms with E-state index in [1.165, 1.54) is 25.7 Å². The van der Waals surface area contributed by atoms with Crippen LogP contribution in [0.2, 0.25) is 5.02 Å². The van der Waals surface area contributed by atoms with Crippen molar-refractivity contribution in [1.29, 1.82) is 0 Å². The van der Waals surface area contributed by atoms with Gasteiger partial charge in [0.25, 0.3) is 0 Å². The van der Waals surface area contributed by atoms with E-state index < -0.39 is 0 Å². The molecule has 0 aliphatic carbocycles. The minimum absolute atomic E-state index is 0.610. The van der Waals surface area contributed by atoms with Gasteiger partial charge in [0.1, 0.15) is 5.82 Å². The van der Waals surface area contributed by atoms with Gasteiger partial charge in [-0.15, -0.1) is 0 Å². The zero-order chi connectivity index (χ0) is 12.8. The first-order valence-electron chi connectivity index (χ1n) is 6.89. The summed E-state index contributed by atoms with van der Waals surface area (Å²) in [4.78, 5) is 6.82. The summed E-state index contributed by atoms with van der Waals surface area (Å²) >= 11 is 5.90. The first kappa shape index (κ1) is 13.6. The summed E-state index contributed by atoms with van der Waals surface area (Å²) in [7, 11) is 0. The quantitative estimate of drug-likeness (QED) is 0.859. The zero-order valence-electron chi connectivity index (χ0n) is 11.0. The highest BCUT2D eigenvalue weighted by Crippen LogP contribution is 2.17. The highest BCUT2D eigenvalue weighted by Gasteiger charge is 2.18. The number of unbranched alkanes of at least 4 members (excludes halogenated alkanes) is 1. The van der Waals surface area contributed by atoms with E-state index >= 15 is 0 Å². The summed E-state index contributed by atoms with van der Waals surface area (Å²) < 4.78 is 0. The Balaban J connectivity index is 2.00. The number of hydrogen-bond donors (Lipinski definition) is 1. The first-order chi connectivity index (χ1) is 8.79. The zero-order valence-corrected chi connectivity index (χ0v) is 11.8. The number of nitrogens with one attached hydrogen (secondary N) is 1. The molecule has 1 aromatic rings. The van der Waals surface area contributed by atoms with E-state index in [0.29, 0.717) is 11.1 Å². The maximum absolute atomic E-state index is 5.90. The summed E-state index contributed by atoms with van der Waals surface area (Å²) in [5.74, 6) is 1.04. The van der Waals surface area contributed by atoms with Gasteiger partial charge in [-0.1, -0.05) is 24.9 Å². The van der Waals surface area contributed by atoms with Crippen molar-refractivity contribution in [3.8, 4) is 0 Å². The van der Waals surface area contributed by atoms with Crippen molar-refractivity contribution >= 4 is 17.4 Å². The lowest BCUT2D eigenvalue weighted by atomic mass is 10.2. The van der Waals surface area contributed by atoms with Crippen LogP contribution in [0.3, 0.4) is 0 Å². The minimum atomic E-state index is 0.610. The van der Waals surface area contributed by atoms with Crippen molar-refractivity contribution in [1.82, 2.24) is 10.3 Å². The lowest BCUT2D eigenvalue weighted by Gasteiger charge is -2.26. The Labute approximate surface area is 115 Å². The summed E-state index contributed by atoms with van der Waals surface area (Å²) in [6.07, 6.45) is 6.72. The van der Waals surface area contributed by atoms with Crippen molar-refractivity contribution in [2.24, 2.45) is 0 Å². The predicted octanol–water partition coefficient (Wildman–Crippen LogP) is 3.09. The number of rotatable bonds is 6. The molecule has 0 aromatic carbocycles. The lowest BCUT2D eigenvalue weighted by molar-refractivity contribution is 0.569. The predicted molar refractivity (Wildman–Crippen MR) is 77.4 cm³/mol. The van der Waals surface area contributed by atoms with Crippen LogP contribution in [0.15, 0.2) is 18.3 Å². The fourth-order valence-electron chi connectivity index (χ4n) is 2.38. The van der Waals surface area contributed by atoms with Crippen LogP contribution < -0.4 is 10.2 Å². The van der Waals surface area contributed by atoms with Gasteiger partial charge < -0.3 is 10.2 Å². The third kappa shape index (κ3) is 3.85. The van der Waals surface area contributed by atoms with Gasteiger partial charge in [0.15, 0.2) is 0 Å². The van der Waals surface area contributed by atoms with E-state index in [1.807, 2.05) is 12.1 Å². The molecule has 4 heteroatoms. The number of halogens is 1. The van der Waals surface area contributed by atoms with E-state index in [2.05, 4.69) is 22.1 Å². The van der Waals surface area contributed by atoms with Gasteiger partial charge >= 0.3 is 0 Å². The van der Waals surface area contributed by atoms with Crippen LogP contribution in [0.25, 0.3) is 0 Å². The summed E-state index contributed by atoms with van der Waals surface area (Å²) in [5.41, 5.74) is 0. The van der Waals surface area contributed by atoms with Crippen LogP contribution in [-0.2, 0) is 0 Å². The molecule has 1 unspecified atom stereocenters. The van der Waals surface area contributed by atoms with Crippen LogP contribution in [0.5, 0.6) is 0 Å². The van der Waals surface area contributed by atoms with Crippen molar-refractivity contribution in [3.05, 3.63) is 23.4 Å². The maximum Gasteiger partial charge on any atom is 0.128 e. The maximum atomic E-state index is 5.90. The molecule has 1 N–H and O–H groups in total. The lowest BCUT2D eigenvalue weighted by Crippen LogP contribution is -2.38. The monoisotopic (exact) mass is 267 g/mol. The third-order valence-electron chi connectivity index (χ3n) is 3.42. The van der Waals surface area contributed by atoms with Gasteiger partial charge in [0, 0.05) is 25.3 Å². The summed E-state index contributed by atoms with van der Waals surface area (Å²) in [6.45, 7) is 5.50.